The lowest BCUT2D eigenvalue weighted by molar-refractivity contribution is -0.117. The van der Waals surface area contributed by atoms with Crippen molar-refractivity contribution in [3.63, 3.8) is 0 Å². The van der Waals surface area contributed by atoms with E-state index in [0.717, 1.165) is 5.56 Å². The van der Waals surface area contributed by atoms with Crippen LogP contribution >= 0.6 is 23.4 Å². The zero-order chi connectivity index (χ0) is 19.6. The van der Waals surface area contributed by atoms with Crippen molar-refractivity contribution in [1.29, 1.82) is 0 Å². The van der Waals surface area contributed by atoms with Gasteiger partial charge in [-0.15, -0.1) is 0 Å². The Morgan fingerprint density at radius 1 is 1.22 bits per heavy atom. The van der Waals surface area contributed by atoms with Crippen molar-refractivity contribution < 1.29 is 4.79 Å². The second-order valence-corrected chi connectivity index (χ2v) is 8.19. The van der Waals surface area contributed by atoms with Crippen LogP contribution in [0.1, 0.15) is 24.7 Å². The molecule has 1 amide bonds. The molecule has 27 heavy (non-hydrogen) atoms. The van der Waals surface area contributed by atoms with Gasteiger partial charge in [0.15, 0.2) is 5.16 Å². The van der Waals surface area contributed by atoms with E-state index in [-0.39, 0.29) is 11.5 Å². The van der Waals surface area contributed by atoms with Crippen molar-refractivity contribution in [3.05, 3.63) is 69.5 Å². The fourth-order valence-corrected chi connectivity index (χ4v) is 4.04. The fraction of sp³-hybridized carbons (Fsp3) is 0.250. The number of aromatic nitrogens is 2. The van der Waals surface area contributed by atoms with E-state index < -0.39 is 11.2 Å². The zero-order valence-corrected chi connectivity index (χ0v) is 16.6. The lowest BCUT2D eigenvalue weighted by atomic mass is 10.1. The van der Waals surface area contributed by atoms with Gasteiger partial charge in [-0.05, 0) is 29.7 Å². The summed E-state index contributed by atoms with van der Waals surface area (Å²) in [6.45, 7) is 4.52. The summed E-state index contributed by atoms with van der Waals surface area (Å²) in [7, 11) is 0. The molecule has 140 valence electrons. The molecule has 1 atom stereocenters. The molecule has 0 bridgehead atoms. The Bertz CT molecular complexity index is 1030. The van der Waals surface area contributed by atoms with Crippen LogP contribution in [0, 0.1) is 5.92 Å². The van der Waals surface area contributed by atoms with E-state index >= 15 is 0 Å². The Hall–Kier alpha value is -2.31. The molecular weight excluding hydrogens is 382 g/mol. The summed E-state index contributed by atoms with van der Waals surface area (Å²) in [5.74, 6) is -0.253. The predicted octanol–water partition coefficient (Wildman–Crippen LogP) is 4.02. The number of amides is 1. The van der Waals surface area contributed by atoms with Crippen molar-refractivity contribution in [2.45, 2.75) is 30.8 Å². The highest BCUT2D eigenvalue weighted by atomic mass is 35.5. The smallest absolute Gasteiger partial charge is 0.262 e. The van der Waals surface area contributed by atoms with Gasteiger partial charge >= 0.3 is 0 Å². The number of thioether (sulfide) groups is 1. The summed E-state index contributed by atoms with van der Waals surface area (Å²) in [5.41, 5.74) is 6.79. The molecule has 0 fully saturated rings. The van der Waals surface area contributed by atoms with E-state index in [1.807, 2.05) is 44.2 Å². The second-order valence-electron chi connectivity index (χ2n) is 6.68. The Balaban J connectivity index is 2.15. The van der Waals surface area contributed by atoms with Crippen molar-refractivity contribution in [2.24, 2.45) is 11.7 Å². The van der Waals surface area contributed by atoms with Crippen molar-refractivity contribution in [2.75, 3.05) is 0 Å². The van der Waals surface area contributed by atoms with E-state index in [1.54, 1.807) is 22.8 Å². The van der Waals surface area contributed by atoms with Gasteiger partial charge in [0.25, 0.3) is 5.56 Å². The first kappa shape index (κ1) is 19.5. The van der Waals surface area contributed by atoms with E-state index in [9.17, 15) is 9.59 Å². The van der Waals surface area contributed by atoms with Crippen LogP contribution in [0.25, 0.3) is 10.9 Å². The monoisotopic (exact) mass is 401 g/mol. The van der Waals surface area contributed by atoms with E-state index in [2.05, 4.69) is 4.98 Å². The molecule has 5 nitrogen and oxygen atoms in total. The van der Waals surface area contributed by atoms with Crippen molar-refractivity contribution in [3.8, 4) is 0 Å². The van der Waals surface area contributed by atoms with Gasteiger partial charge in [0.2, 0.25) is 5.91 Å². The number of carbonyl (C=O) groups excluding carboxylic acids is 1. The quantitative estimate of drug-likeness (QED) is 0.499. The summed E-state index contributed by atoms with van der Waals surface area (Å²) in [5, 5.41) is 0.775. The highest BCUT2D eigenvalue weighted by Crippen LogP contribution is 2.34. The Kier molecular flexibility index (Phi) is 5.87. The molecule has 0 saturated heterocycles. The molecule has 0 aliphatic heterocycles. The number of fused-ring (bicyclic) bond motifs is 1. The molecule has 0 aliphatic rings. The standard InChI is InChI=1S/C20H20ClN3O2S/c1-12(2)11-24-19(26)15-10-14(21)8-9-16(15)23-20(24)27-17(18(22)25)13-6-4-3-5-7-13/h3-10,12,17H,11H2,1-2H3,(H2,22,25). The minimum Gasteiger partial charge on any atom is -0.368 e. The lowest BCUT2D eigenvalue weighted by Crippen LogP contribution is -2.27. The van der Waals surface area contributed by atoms with Crippen LogP contribution in [-0.4, -0.2) is 15.5 Å². The molecule has 3 rings (SSSR count). The number of nitrogens with two attached hydrogens (primary N) is 1. The van der Waals surface area contributed by atoms with Gasteiger partial charge in [-0.3, -0.25) is 14.2 Å². The van der Waals surface area contributed by atoms with Gasteiger partial charge < -0.3 is 5.73 Å². The second kappa shape index (κ2) is 8.15. The number of rotatable bonds is 6. The summed E-state index contributed by atoms with van der Waals surface area (Å²) >= 11 is 7.25. The van der Waals surface area contributed by atoms with E-state index in [0.29, 0.717) is 27.6 Å². The third-order valence-electron chi connectivity index (χ3n) is 4.01. The SMILES string of the molecule is CC(C)Cn1c(SC(C(N)=O)c2ccccc2)nc2ccc(Cl)cc2c1=O. The first-order valence-electron chi connectivity index (χ1n) is 8.58. The fourth-order valence-electron chi connectivity index (χ4n) is 2.81. The molecule has 0 aliphatic carbocycles. The highest BCUT2D eigenvalue weighted by Gasteiger charge is 2.23. The average molecular weight is 402 g/mol. The number of hydrogen-bond acceptors (Lipinski definition) is 4. The van der Waals surface area contributed by atoms with Crippen LogP contribution in [0.15, 0.2) is 58.5 Å². The molecule has 1 heterocycles. The molecule has 2 aromatic carbocycles. The summed E-state index contributed by atoms with van der Waals surface area (Å²) < 4.78 is 1.60. The molecule has 7 heteroatoms. The largest absolute Gasteiger partial charge is 0.368 e. The molecule has 0 radical (unpaired) electrons. The van der Waals surface area contributed by atoms with Gasteiger partial charge in [-0.2, -0.15) is 0 Å². The maximum Gasteiger partial charge on any atom is 0.262 e. The van der Waals surface area contributed by atoms with Gasteiger partial charge in [-0.25, -0.2) is 4.98 Å². The van der Waals surface area contributed by atoms with Crippen LogP contribution in [0.2, 0.25) is 5.02 Å². The van der Waals surface area contributed by atoms with Crippen molar-refractivity contribution >= 4 is 40.2 Å². The number of primary amides is 1. The molecule has 0 saturated carbocycles. The van der Waals surface area contributed by atoms with E-state index in [1.165, 1.54) is 11.8 Å². The molecule has 2 N–H and O–H groups in total. The van der Waals surface area contributed by atoms with Gasteiger partial charge in [-0.1, -0.05) is 67.5 Å². The Morgan fingerprint density at radius 3 is 2.56 bits per heavy atom. The Morgan fingerprint density at radius 2 is 1.93 bits per heavy atom. The van der Waals surface area contributed by atoms with Gasteiger partial charge in [0.1, 0.15) is 5.25 Å². The predicted molar refractivity (Wildman–Crippen MR) is 110 cm³/mol. The first-order valence-corrected chi connectivity index (χ1v) is 9.83. The number of hydrogen-bond donors (Lipinski definition) is 1. The number of halogens is 1. The first-order chi connectivity index (χ1) is 12.9. The minimum atomic E-state index is -0.638. The molecule has 1 aromatic heterocycles. The molecule has 1 unspecified atom stereocenters. The minimum absolute atomic E-state index is 0.171. The van der Waals surface area contributed by atoms with E-state index in [4.69, 9.17) is 17.3 Å². The normalized spacial score (nSPS) is 12.4. The highest BCUT2D eigenvalue weighted by molar-refractivity contribution is 8.00. The zero-order valence-electron chi connectivity index (χ0n) is 15.1. The van der Waals surface area contributed by atoms with Crippen LogP contribution in [-0.2, 0) is 11.3 Å². The maximum atomic E-state index is 13.1. The van der Waals surface area contributed by atoms with Crippen LogP contribution in [0.4, 0.5) is 0 Å². The molecule has 0 spiro atoms. The maximum absolute atomic E-state index is 13.1. The lowest BCUT2D eigenvalue weighted by Gasteiger charge is -2.18. The van der Waals surface area contributed by atoms with Gasteiger partial charge in [0.05, 0.1) is 10.9 Å². The number of benzene rings is 2. The van der Waals surface area contributed by atoms with Gasteiger partial charge in [0, 0.05) is 11.6 Å². The summed E-state index contributed by atoms with van der Waals surface area (Å²) in [4.78, 5) is 29.8. The average Bonchev–Trinajstić information content (AvgIpc) is 2.63. The van der Waals surface area contributed by atoms with Crippen LogP contribution in [0.3, 0.4) is 0 Å². The molecular formula is C20H20ClN3O2S. The van der Waals surface area contributed by atoms with Crippen LogP contribution < -0.4 is 11.3 Å². The Labute approximate surface area is 166 Å². The van der Waals surface area contributed by atoms with Crippen LogP contribution in [0.5, 0.6) is 0 Å². The topological polar surface area (TPSA) is 78.0 Å². The third kappa shape index (κ3) is 4.34. The number of nitrogens with zero attached hydrogens (tertiary/aromatic N) is 2. The number of carbonyl (C=O) groups is 1. The molecule has 3 aromatic rings. The van der Waals surface area contributed by atoms with Crippen molar-refractivity contribution in [1.82, 2.24) is 9.55 Å². The third-order valence-corrected chi connectivity index (χ3v) is 5.51. The summed E-state index contributed by atoms with van der Waals surface area (Å²) in [6.07, 6.45) is 0. The summed E-state index contributed by atoms with van der Waals surface area (Å²) in [6, 6.07) is 14.3.